The molecule has 0 aromatic heterocycles. The van der Waals surface area contributed by atoms with E-state index in [1.807, 2.05) is 0 Å². The van der Waals surface area contributed by atoms with Crippen LogP contribution in [0.25, 0.3) is 0 Å². The van der Waals surface area contributed by atoms with E-state index < -0.39 is 0 Å². The highest BCUT2D eigenvalue weighted by atomic mass is 16.2. The molecule has 1 saturated heterocycles. The van der Waals surface area contributed by atoms with Crippen molar-refractivity contribution in [3.63, 3.8) is 0 Å². The van der Waals surface area contributed by atoms with E-state index in [0.717, 1.165) is 31.0 Å². The van der Waals surface area contributed by atoms with Crippen LogP contribution in [0.5, 0.6) is 0 Å². The smallest absolute Gasteiger partial charge is 0.238 e. The molecule has 1 aromatic carbocycles. The average Bonchev–Trinajstić information content (AvgIpc) is 2.62. The molecule has 3 rings (SSSR count). The van der Waals surface area contributed by atoms with Crippen molar-refractivity contribution in [2.24, 2.45) is 5.92 Å². The fourth-order valence-electron chi connectivity index (χ4n) is 4.69. The number of nitrogens with zero attached hydrogens (tertiary/aromatic N) is 1. The third-order valence-electron chi connectivity index (χ3n) is 5.97. The topological polar surface area (TPSA) is 32.3 Å². The van der Waals surface area contributed by atoms with Crippen LogP contribution >= 0.6 is 0 Å². The lowest BCUT2D eigenvalue weighted by atomic mass is 9.78. The summed E-state index contributed by atoms with van der Waals surface area (Å²) >= 11 is 0. The van der Waals surface area contributed by atoms with Crippen molar-refractivity contribution >= 4 is 11.6 Å². The second-order valence-corrected chi connectivity index (χ2v) is 7.43. The van der Waals surface area contributed by atoms with Gasteiger partial charge in [-0.2, -0.15) is 0 Å². The van der Waals surface area contributed by atoms with Crippen LogP contribution < -0.4 is 5.32 Å². The van der Waals surface area contributed by atoms with Crippen LogP contribution in [0.4, 0.5) is 5.69 Å². The summed E-state index contributed by atoms with van der Waals surface area (Å²) in [5.41, 5.74) is 3.55. The van der Waals surface area contributed by atoms with E-state index in [-0.39, 0.29) is 5.91 Å². The number of rotatable bonds is 5. The molecule has 132 valence electrons. The van der Waals surface area contributed by atoms with Gasteiger partial charge < -0.3 is 5.32 Å². The van der Waals surface area contributed by atoms with E-state index in [0.29, 0.717) is 12.6 Å². The van der Waals surface area contributed by atoms with Crippen molar-refractivity contribution in [2.75, 3.05) is 18.4 Å². The van der Waals surface area contributed by atoms with E-state index >= 15 is 0 Å². The second-order valence-electron chi connectivity index (χ2n) is 7.43. The van der Waals surface area contributed by atoms with Gasteiger partial charge in [0, 0.05) is 11.7 Å². The van der Waals surface area contributed by atoms with E-state index in [2.05, 4.69) is 42.3 Å². The number of carbonyl (C=O) groups is 1. The number of likely N-dealkylation sites (tertiary alicyclic amines) is 1. The quantitative estimate of drug-likeness (QED) is 0.868. The van der Waals surface area contributed by atoms with Crippen molar-refractivity contribution in [3.05, 3.63) is 29.3 Å². The Labute approximate surface area is 146 Å². The number of piperidine rings is 1. The maximum absolute atomic E-state index is 12.7. The highest BCUT2D eigenvalue weighted by Crippen LogP contribution is 2.35. The lowest BCUT2D eigenvalue weighted by Crippen LogP contribution is -2.49. The molecule has 1 saturated carbocycles. The van der Waals surface area contributed by atoms with Gasteiger partial charge in [-0.15, -0.1) is 0 Å². The van der Waals surface area contributed by atoms with Crippen LogP contribution in [-0.2, 0) is 17.6 Å². The van der Waals surface area contributed by atoms with Crippen LogP contribution in [0.3, 0.4) is 0 Å². The number of anilines is 1. The second kappa shape index (κ2) is 8.15. The van der Waals surface area contributed by atoms with Crippen LogP contribution in [0.15, 0.2) is 18.2 Å². The van der Waals surface area contributed by atoms with Crippen LogP contribution in [0.2, 0.25) is 0 Å². The van der Waals surface area contributed by atoms with Crippen LogP contribution in [0, 0.1) is 5.92 Å². The van der Waals surface area contributed by atoms with Gasteiger partial charge in [0.15, 0.2) is 0 Å². The molecule has 1 amide bonds. The summed E-state index contributed by atoms with van der Waals surface area (Å²) in [6.07, 6.45) is 9.88. The van der Waals surface area contributed by atoms with Gasteiger partial charge in [-0.3, -0.25) is 9.69 Å². The molecule has 1 aliphatic heterocycles. The van der Waals surface area contributed by atoms with Crippen molar-refractivity contribution in [1.29, 1.82) is 0 Å². The summed E-state index contributed by atoms with van der Waals surface area (Å²) < 4.78 is 0. The lowest BCUT2D eigenvalue weighted by molar-refractivity contribution is -0.118. The number of para-hydroxylation sites is 1. The molecule has 1 N–H and O–H groups in total. The van der Waals surface area contributed by atoms with Gasteiger partial charge in [-0.05, 0) is 62.1 Å². The molecular weight excluding hydrogens is 296 g/mol. The summed E-state index contributed by atoms with van der Waals surface area (Å²) in [6.45, 7) is 5.95. The molecular formula is C21H32N2O. The molecule has 2 fully saturated rings. The molecule has 1 heterocycles. The number of nitrogens with one attached hydrogen (secondary N) is 1. The zero-order valence-electron chi connectivity index (χ0n) is 15.3. The molecule has 0 bridgehead atoms. The van der Waals surface area contributed by atoms with Gasteiger partial charge >= 0.3 is 0 Å². The number of fused-ring (bicyclic) bond motifs is 1. The highest BCUT2D eigenvalue weighted by molar-refractivity contribution is 5.93. The summed E-state index contributed by atoms with van der Waals surface area (Å²) in [6, 6.07) is 7.01. The third-order valence-corrected chi connectivity index (χ3v) is 5.97. The molecule has 1 aliphatic carbocycles. The fraction of sp³-hybridized carbons (Fsp3) is 0.667. The Morgan fingerprint density at radius 3 is 2.46 bits per heavy atom. The van der Waals surface area contributed by atoms with E-state index in [1.165, 1.54) is 49.7 Å². The van der Waals surface area contributed by atoms with E-state index in [9.17, 15) is 4.79 Å². The Kier molecular flexibility index (Phi) is 5.94. The maximum atomic E-state index is 12.7. The van der Waals surface area contributed by atoms with Crippen molar-refractivity contribution < 1.29 is 4.79 Å². The predicted octanol–water partition coefficient (Wildman–Crippen LogP) is 4.40. The Morgan fingerprint density at radius 1 is 1.08 bits per heavy atom. The average molecular weight is 329 g/mol. The number of hydrogen-bond donors (Lipinski definition) is 1. The molecule has 0 unspecified atom stereocenters. The zero-order chi connectivity index (χ0) is 16.9. The first-order valence-electron chi connectivity index (χ1n) is 9.87. The maximum Gasteiger partial charge on any atom is 0.238 e. The Morgan fingerprint density at radius 2 is 1.75 bits per heavy atom. The Bertz CT molecular complexity index is 545. The molecule has 0 radical (unpaired) electrons. The summed E-state index contributed by atoms with van der Waals surface area (Å²) in [5.74, 6) is 0.992. The molecule has 24 heavy (non-hydrogen) atoms. The summed E-state index contributed by atoms with van der Waals surface area (Å²) in [4.78, 5) is 15.2. The number of benzene rings is 1. The first-order chi connectivity index (χ1) is 11.7. The van der Waals surface area contributed by atoms with Crippen LogP contribution in [0.1, 0.15) is 63.5 Å². The fourth-order valence-corrected chi connectivity index (χ4v) is 4.69. The molecule has 0 spiro atoms. The SMILES string of the molecule is CCc1cccc(CC)c1NC(=O)CN1CCC[C@@H]2CCCC[C@@H]21. The molecule has 1 aromatic rings. The van der Waals surface area contributed by atoms with Crippen LogP contribution in [-0.4, -0.2) is 29.9 Å². The normalized spacial score (nSPS) is 24.4. The summed E-state index contributed by atoms with van der Waals surface area (Å²) in [5, 5.41) is 3.24. The highest BCUT2D eigenvalue weighted by Gasteiger charge is 2.33. The minimum atomic E-state index is 0.164. The minimum Gasteiger partial charge on any atom is -0.324 e. The van der Waals surface area contributed by atoms with Gasteiger partial charge in [0.05, 0.1) is 6.54 Å². The lowest BCUT2D eigenvalue weighted by Gasteiger charge is -2.43. The minimum absolute atomic E-state index is 0.164. The van der Waals surface area contributed by atoms with Gasteiger partial charge in [0.25, 0.3) is 0 Å². The van der Waals surface area contributed by atoms with Crippen molar-refractivity contribution in [3.8, 4) is 0 Å². The van der Waals surface area contributed by atoms with Gasteiger partial charge in [-0.25, -0.2) is 0 Å². The van der Waals surface area contributed by atoms with Gasteiger partial charge in [0.1, 0.15) is 0 Å². The zero-order valence-corrected chi connectivity index (χ0v) is 15.3. The van der Waals surface area contributed by atoms with Gasteiger partial charge in [-0.1, -0.05) is 44.9 Å². The first kappa shape index (κ1) is 17.5. The largest absolute Gasteiger partial charge is 0.324 e. The number of aryl methyl sites for hydroxylation is 2. The number of hydrogen-bond acceptors (Lipinski definition) is 2. The number of amides is 1. The van der Waals surface area contributed by atoms with Gasteiger partial charge in [0.2, 0.25) is 5.91 Å². The summed E-state index contributed by atoms with van der Waals surface area (Å²) in [7, 11) is 0. The first-order valence-corrected chi connectivity index (χ1v) is 9.87. The molecule has 3 nitrogen and oxygen atoms in total. The molecule has 2 aliphatic rings. The van der Waals surface area contributed by atoms with E-state index in [4.69, 9.17) is 0 Å². The number of carbonyl (C=O) groups excluding carboxylic acids is 1. The Balaban J connectivity index is 1.67. The monoisotopic (exact) mass is 328 g/mol. The van der Waals surface area contributed by atoms with Crippen molar-refractivity contribution in [1.82, 2.24) is 4.90 Å². The van der Waals surface area contributed by atoms with E-state index in [1.54, 1.807) is 0 Å². The third kappa shape index (κ3) is 3.83. The van der Waals surface area contributed by atoms with Crippen molar-refractivity contribution in [2.45, 2.75) is 71.3 Å². The molecule has 2 atom stereocenters. The Hall–Kier alpha value is -1.35. The molecule has 3 heteroatoms. The predicted molar refractivity (Wildman–Crippen MR) is 100 cm³/mol. The standard InChI is InChI=1S/C21H32N2O/c1-3-16-10-7-11-17(4-2)21(16)22-20(24)15-23-14-8-12-18-9-5-6-13-19(18)23/h7,10-11,18-19H,3-6,8-9,12-15H2,1-2H3,(H,22,24)/t18-,19-/m0/s1.